The fraction of sp³-hybridized carbons (Fsp3) is 0.263. The van der Waals surface area contributed by atoms with Gasteiger partial charge in [-0.2, -0.15) is 0 Å². The largest absolute Gasteiger partial charge is 0.497 e. The zero-order valence-corrected chi connectivity index (χ0v) is 15.0. The van der Waals surface area contributed by atoms with Crippen molar-refractivity contribution in [3.63, 3.8) is 0 Å². The van der Waals surface area contributed by atoms with E-state index in [1.807, 2.05) is 0 Å². The number of benzene rings is 2. The highest BCUT2D eigenvalue weighted by Gasteiger charge is 2.33. The molecule has 1 aliphatic heterocycles. The fourth-order valence-corrected chi connectivity index (χ4v) is 2.92. The third-order valence-corrected chi connectivity index (χ3v) is 4.30. The monoisotopic (exact) mass is 373 g/mol. The Bertz CT molecular complexity index is 841. The number of methoxy groups -OCH3 is 2. The molecule has 142 valence electrons. The SMILES string of the molecule is COc1ccc(OC)c(NC(=O)N[C@H]2CCN(c3ccc(F)cc3)C2=O)c1. The summed E-state index contributed by atoms with van der Waals surface area (Å²) in [5.41, 5.74) is 1.02. The minimum absolute atomic E-state index is 0.241. The number of halogens is 1. The van der Waals surface area contributed by atoms with Gasteiger partial charge in [0.25, 0.3) is 0 Å². The summed E-state index contributed by atoms with van der Waals surface area (Å²) in [5, 5.41) is 5.34. The molecule has 1 fully saturated rings. The number of anilines is 2. The van der Waals surface area contributed by atoms with Gasteiger partial charge < -0.3 is 25.0 Å². The summed E-state index contributed by atoms with van der Waals surface area (Å²) in [6, 6.07) is 9.49. The topological polar surface area (TPSA) is 79.9 Å². The number of ether oxygens (including phenoxy) is 2. The number of carbonyl (C=O) groups excluding carboxylic acids is 2. The maximum absolute atomic E-state index is 13.1. The molecule has 1 saturated heterocycles. The lowest BCUT2D eigenvalue weighted by Gasteiger charge is -2.18. The number of hydrogen-bond donors (Lipinski definition) is 2. The Morgan fingerprint density at radius 2 is 1.89 bits per heavy atom. The molecule has 1 aliphatic rings. The summed E-state index contributed by atoms with van der Waals surface area (Å²) in [6.07, 6.45) is 0.457. The Kier molecular flexibility index (Phi) is 5.44. The van der Waals surface area contributed by atoms with Crippen LogP contribution in [0.1, 0.15) is 6.42 Å². The van der Waals surface area contributed by atoms with Crippen LogP contribution in [0.15, 0.2) is 42.5 Å². The second-order valence-electron chi connectivity index (χ2n) is 5.97. The van der Waals surface area contributed by atoms with Gasteiger partial charge in [-0.25, -0.2) is 9.18 Å². The first-order chi connectivity index (χ1) is 13.0. The summed E-state index contributed by atoms with van der Waals surface area (Å²) in [6.45, 7) is 0.442. The summed E-state index contributed by atoms with van der Waals surface area (Å²) >= 11 is 0. The molecule has 2 aromatic rings. The molecule has 0 bridgehead atoms. The standard InChI is InChI=1S/C19H20FN3O4/c1-26-14-7-8-17(27-2)16(11-14)22-19(25)21-15-9-10-23(18(15)24)13-5-3-12(20)4-6-13/h3-8,11,15H,9-10H2,1-2H3,(H2,21,22,25)/t15-/m0/s1. The molecule has 0 spiro atoms. The maximum Gasteiger partial charge on any atom is 0.319 e. The molecule has 2 aromatic carbocycles. The van der Waals surface area contributed by atoms with E-state index in [0.717, 1.165) is 0 Å². The van der Waals surface area contributed by atoms with Crippen molar-refractivity contribution >= 4 is 23.3 Å². The number of rotatable bonds is 5. The Balaban J connectivity index is 1.65. The first-order valence-corrected chi connectivity index (χ1v) is 8.38. The van der Waals surface area contributed by atoms with Crippen molar-refractivity contribution in [1.29, 1.82) is 0 Å². The van der Waals surface area contributed by atoms with Gasteiger partial charge in [0, 0.05) is 18.3 Å². The predicted octanol–water partition coefficient (Wildman–Crippen LogP) is 2.77. The van der Waals surface area contributed by atoms with Crippen molar-refractivity contribution in [2.75, 3.05) is 31.0 Å². The lowest BCUT2D eigenvalue weighted by molar-refractivity contribution is -0.118. The Morgan fingerprint density at radius 1 is 1.15 bits per heavy atom. The van der Waals surface area contributed by atoms with Crippen LogP contribution in [0.2, 0.25) is 0 Å². The summed E-state index contributed by atoms with van der Waals surface area (Å²) in [7, 11) is 3.01. The third-order valence-electron chi connectivity index (χ3n) is 4.30. The van der Waals surface area contributed by atoms with Gasteiger partial charge in [-0.05, 0) is 42.8 Å². The second-order valence-corrected chi connectivity index (χ2v) is 5.97. The van der Waals surface area contributed by atoms with Crippen LogP contribution in [-0.4, -0.2) is 38.7 Å². The quantitative estimate of drug-likeness (QED) is 0.845. The van der Waals surface area contributed by atoms with Crippen molar-refractivity contribution in [2.45, 2.75) is 12.5 Å². The van der Waals surface area contributed by atoms with Crippen molar-refractivity contribution in [3.8, 4) is 11.5 Å². The Labute approximate surface area is 156 Å². The highest BCUT2D eigenvalue weighted by Crippen LogP contribution is 2.29. The van der Waals surface area contributed by atoms with E-state index in [-0.39, 0.29) is 11.7 Å². The fourth-order valence-electron chi connectivity index (χ4n) is 2.92. The smallest absolute Gasteiger partial charge is 0.319 e. The van der Waals surface area contributed by atoms with Crippen LogP contribution >= 0.6 is 0 Å². The first kappa shape index (κ1) is 18.5. The molecule has 27 heavy (non-hydrogen) atoms. The molecular weight excluding hydrogens is 353 g/mol. The second kappa shape index (κ2) is 7.94. The van der Waals surface area contributed by atoms with Crippen LogP contribution in [0.4, 0.5) is 20.6 Å². The molecule has 0 radical (unpaired) electrons. The van der Waals surface area contributed by atoms with Crippen molar-refractivity contribution in [2.24, 2.45) is 0 Å². The van der Waals surface area contributed by atoms with E-state index in [9.17, 15) is 14.0 Å². The molecule has 7 nitrogen and oxygen atoms in total. The molecule has 1 heterocycles. The van der Waals surface area contributed by atoms with Crippen LogP contribution in [0.25, 0.3) is 0 Å². The average Bonchev–Trinajstić information content (AvgIpc) is 3.02. The van der Waals surface area contributed by atoms with Gasteiger partial charge in [0.1, 0.15) is 23.4 Å². The molecule has 0 aromatic heterocycles. The molecule has 3 amide bonds. The van der Waals surface area contributed by atoms with Crippen LogP contribution in [0, 0.1) is 5.82 Å². The minimum atomic E-state index is -0.661. The van der Waals surface area contributed by atoms with E-state index in [2.05, 4.69) is 10.6 Å². The van der Waals surface area contributed by atoms with Crippen LogP contribution < -0.4 is 25.0 Å². The number of nitrogens with zero attached hydrogens (tertiary/aromatic N) is 1. The Morgan fingerprint density at radius 3 is 2.56 bits per heavy atom. The lowest BCUT2D eigenvalue weighted by atomic mass is 10.2. The normalized spacial score (nSPS) is 16.2. The zero-order chi connectivity index (χ0) is 19.4. The highest BCUT2D eigenvalue weighted by molar-refractivity contribution is 6.02. The van der Waals surface area contributed by atoms with E-state index in [1.54, 1.807) is 18.2 Å². The van der Waals surface area contributed by atoms with E-state index in [1.165, 1.54) is 43.4 Å². The predicted molar refractivity (Wildman–Crippen MR) is 98.9 cm³/mol. The van der Waals surface area contributed by atoms with Gasteiger partial charge in [0.15, 0.2) is 0 Å². The number of nitrogens with one attached hydrogen (secondary N) is 2. The summed E-state index contributed by atoms with van der Waals surface area (Å²) in [5.74, 6) is 0.420. The van der Waals surface area contributed by atoms with E-state index in [0.29, 0.717) is 35.8 Å². The summed E-state index contributed by atoms with van der Waals surface area (Å²) in [4.78, 5) is 26.4. The molecule has 1 atom stereocenters. The van der Waals surface area contributed by atoms with Gasteiger partial charge in [-0.15, -0.1) is 0 Å². The molecule has 0 aliphatic carbocycles. The van der Waals surface area contributed by atoms with Crippen LogP contribution in [0.3, 0.4) is 0 Å². The van der Waals surface area contributed by atoms with Crippen molar-refractivity contribution < 1.29 is 23.5 Å². The number of hydrogen-bond acceptors (Lipinski definition) is 4. The number of carbonyl (C=O) groups is 2. The number of amides is 3. The van der Waals surface area contributed by atoms with Gasteiger partial charge in [-0.1, -0.05) is 0 Å². The average molecular weight is 373 g/mol. The maximum atomic E-state index is 13.1. The molecule has 8 heteroatoms. The van der Waals surface area contributed by atoms with Gasteiger partial charge in [-0.3, -0.25) is 4.79 Å². The molecule has 0 saturated carbocycles. The van der Waals surface area contributed by atoms with Gasteiger partial charge >= 0.3 is 6.03 Å². The van der Waals surface area contributed by atoms with E-state index >= 15 is 0 Å². The zero-order valence-electron chi connectivity index (χ0n) is 15.0. The van der Waals surface area contributed by atoms with Crippen LogP contribution in [-0.2, 0) is 4.79 Å². The van der Waals surface area contributed by atoms with Crippen molar-refractivity contribution in [3.05, 3.63) is 48.3 Å². The summed E-state index contributed by atoms with van der Waals surface area (Å²) < 4.78 is 23.4. The third kappa shape index (κ3) is 4.11. The molecule has 0 unspecified atom stereocenters. The van der Waals surface area contributed by atoms with E-state index < -0.39 is 12.1 Å². The Hall–Kier alpha value is -3.29. The lowest BCUT2D eigenvalue weighted by Crippen LogP contribution is -2.43. The number of urea groups is 1. The van der Waals surface area contributed by atoms with Gasteiger partial charge in [0.2, 0.25) is 5.91 Å². The van der Waals surface area contributed by atoms with Gasteiger partial charge in [0.05, 0.1) is 19.9 Å². The van der Waals surface area contributed by atoms with Crippen molar-refractivity contribution in [1.82, 2.24) is 5.32 Å². The first-order valence-electron chi connectivity index (χ1n) is 8.38. The molecular formula is C19H20FN3O4. The van der Waals surface area contributed by atoms with E-state index in [4.69, 9.17) is 9.47 Å². The molecule has 2 N–H and O–H groups in total. The molecule has 3 rings (SSSR count). The highest BCUT2D eigenvalue weighted by atomic mass is 19.1. The van der Waals surface area contributed by atoms with Crippen LogP contribution in [0.5, 0.6) is 11.5 Å². The minimum Gasteiger partial charge on any atom is -0.497 e.